The summed E-state index contributed by atoms with van der Waals surface area (Å²) in [6.07, 6.45) is 0. The van der Waals surface area contributed by atoms with Crippen molar-refractivity contribution >= 4 is 50.4 Å². The summed E-state index contributed by atoms with van der Waals surface area (Å²) < 4.78 is 0.946. The van der Waals surface area contributed by atoms with Crippen LogP contribution < -0.4 is 5.32 Å². The van der Waals surface area contributed by atoms with Gasteiger partial charge in [0.05, 0.1) is 11.0 Å². The molecule has 0 bridgehead atoms. The molecule has 0 aliphatic carbocycles. The number of aromatic nitrogens is 2. The summed E-state index contributed by atoms with van der Waals surface area (Å²) in [5, 5.41) is 3.23. The number of fused-ring (bicyclic) bond motifs is 1. The van der Waals surface area contributed by atoms with Crippen LogP contribution in [0.1, 0.15) is 10.4 Å². The Morgan fingerprint density at radius 1 is 1.25 bits per heavy atom. The monoisotopic (exact) mass is 349 g/mol. The van der Waals surface area contributed by atoms with Gasteiger partial charge < -0.3 is 4.98 Å². The Labute approximate surface area is 128 Å². The predicted molar refractivity (Wildman–Crippen MR) is 83.2 cm³/mol. The number of amides is 1. The highest BCUT2D eigenvalue weighted by atomic mass is 79.9. The lowest BCUT2D eigenvalue weighted by Crippen LogP contribution is -2.12. The summed E-state index contributed by atoms with van der Waals surface area (Å²) in [6, 6.07) is 12.4. The Morgan fingerprint density at radius 2 is 2.10 bits per heavy atom. The minimum atomic E-state index is -0.259. The van der Waals surface area contributed by atoms with Crippen molar-refractivity contribution in [3.63, 3.8) is 0 Å². The number of halogens is 2. The molecule has 1 aromatic heterocycles. The van der Waals surface area contributed by atoms with Gasteiger partial charge in [0.1, 0.15) is 0 Å². The molecular formula is C14H9BrClN3O. The first-order valence-electron chi connectivity index (χ1n) is 5.84. The molecule has 3 aromatic rings. The van der Waals surface area contributed by atoms with Crippen molar-refractivity contribution in [2.45, 2.75) is 0 Å². The maximum Gasteiger partial charge on any atom is 0.258 e. The Morgan fingerprint density at radius 3 is 2.90 bits per heavy atom. The van der Waals surface area contributed by atoms with Gasteiger partial charge >= 0.3 is 0 Å². The molecular weight excluding hydrogens is 342 g/mol. The van der Waals surface area contributed by atoms with Crippen LogP contribution in [0, 0.1) is 0 Å². The summed E-state index contributed by atoms with van der Waals surface area (Å²) in [5.41, 5.74) is 2.12. The zero-order chi connectivity index (χ0) is 14.1. The highest BCUT2D eigenvalue weighted by Crippen LogP contribution is 2.20. The Kier molecular flexibility index (Phi) is 3.46. The number of aromatic amines is 1. The van der Waals surface area contributed by atoms with Gasteiger partial charge in [-0.05, 0) is 36.4 Å². The third-order valence-electron chi connectivity index (χ3n) is 2.76. The average Bonchev–Trinajstić information content (AvgIpc) is 2.80. The molecule has 0 saturated carbocycles. The van der Waals surface area contributed by atoms with Gasteiger partial charge in [-0.2, -0.15) is 0 Å². The molecule has 0 saturated heterocycles. The van der Waals surface area contributed by atoms with Crippen LogP contribution in [0.5, 0.6) is 0 Å². The Bertz CT molecular complexity index is 800. The molecule has 2 N–H and O–H groups in total. The molecule has 1 amide bonds. The Hall–Kier alpha value is -1.85. The quantitative estimate of drug-likeness (QED) is 0.726. The van der Waals surface area contributed by atoms with Gasteiger partial charge in [-0.1, -0.05) is 33.6 Å². The molecule has 0 unspecified atom stereocenters. The second-order valence-corrected chi connectivity index (χ2v) is 5.56. The third kappa shape index (κ3) is 2.69. The lowest BCUT2D eigenvalue weighted by atomic mass is 10.2. The van der Waals surface area contributed by atoms with Crippen LogP contribution in [0.25, 0.3) is 11.0 Å². The van der Waals surface area contributed by atoms with Crippen LogP contribution in [0.2, 0.25) is 5.02 Å². The van der Waals surface area contributed by atoms with Gasteiger partial charge in [-0.25, -0.2) is 4.98 Å². The van der Waals surface area contributed by atoms with Gasteiger partial charge in [-0.3, -0.25) is 10.1 Å². The van der Waals surface area contributed by atoms with E-state index < -0.39 is 0 Å². The number of nitrogens with one attached hydrogen (secondary N) is 2. The van der Waals surface area contributed by atoms with Crippen LogP contribution in [-0.2, 0) is 0 Å². The first-order chi connectivity index (χ1) is 9.61. The maximum absolute atomic E-state index is 12.1. The van der Waals surface area contributed by atoms with E-state index in [0.29, 0.717) is 16.5 Å². The molecule has 4 nitrogen and oxygen atoms in total. The number of hydrogen-bond acceptors (Lipinski definition) is 2. The van der Waals surface area contributed by atoms with Crippen LogP contribution in [0.3, 0.4) is 0 Å². The minimum absolute atomic E-state index is 0.259. The van der Waals surface area contributed by atoms with Gasteiger partial charge in [-0.15, -0.1) is 0 Å². The number of hydrogen-bond donors (Lipinski definition) is 2. The van der Waals surface area contributed by atoms with E-state index in [1.54, 1.807) is 24.3 Å². The molecule has 0 radical (unpaired) electrons. The third-order valence-corrected chi connectivity index (χ3v) is 3.49. The van der Waals surface area contributed by atoms with Crippen molar-refractivity contribution in [2.75, 3.05) is 5.32 Å². The number of nitrogens with zero attached hydrogens (tertiary/aromatic N) is 1. The van der Waals surface area contributed by atoms with Gasteiger partial charge in [0.15, 0.2) is 0 Å². The van der Waals surface area contributed by atoms with E-state index in [1.807, 2.05) is 18.2 Å². The van der Waals surface area contributed by atoms with Crippen molar-refractivity contribution in [1.29, 1.82) is 0 Å². The van der Waals surface area contributed by atoms with E-state index in [4.69, 9.17) is 11.6 Å². The van der Waals surface area contributed by atoms with Gasteiger partial charge in [0.2, 0.25) is 5.95 Å². The number of carbonyl (C=O) groups excluding carboxylic acids is 1. The highest BCUT2D eigenvalue weighted by Gasteiger charge is 2.09. The first kappa shape index (κ1) is 13.1. The SMILES string of the molecule is O=C(Nc1nc2ccc(Br)cc2[nH]1)c1cccc(Cl)c1. The summed E-state index contributed by atoms with van der Waals surface area (Å²) >= 11 is 9.25. The molecule has 0 spiro atoms. The average molecular weight is 351 g/mol. The van der Waals surface area contributed by atoms with Gasteiger partial charge in [0.25, 0.3) is 5.91 Å². The zero-order valence-electron chi connectivity index (χ0n) is 10.2. The van der Waals surface area contributed by atoms with Crippen molar-refractivity contribution in [3.05, 3.63) is 57.5 Å². The molecule has 3 rings (SSSR count). The molecule has 6 heteroatoms. The fourth-order valence-electron chi connectivity index (χ4n) is 1.85. The molecule has 2 aromatic carbocycles. The molecule has 0 atom stereocenters. The van der Waals surface area contributed by atoms with Gasteiger partial charge in [0, 0.05) is 15.1 Å². The second kappa shape index (κ2) is 5.26. The standard InChI is InChI=1S/C14H9BrClN3O/c15-9-4-5-11-12(7-9)18-14(17-11)19-13(20)8-2-1-3-10(16)6-8/h1-7H,(H2,17,18,19,20). The normalized spacial score (nSPS) is 10.7. The second-order valence-electron chi connectivity index (χ2n) is 4.21. The van der Waals surface area contributed by atoms with E-state index >= 15 is 0 Å². The van der Waals surface area contributed by atoms with Crippen LogP contribution in [0.4, 0.5) is 5.95 Å². The molecule has 0 aliphatic heterocycles. The number of anilines is 1. The number of H-pyrrole nitrogens is 1. The predicted octanol–water partition coefficient (Wildman–Crippen LogP) is 4.23. The Balaban J connectivity index is 1.87. The lowest BCUT2D eigenvalue weighted by molar-refractivity contribution is 0.102. The summed E-state index contributed by atoms with van der Waals surface area (Å²) in [4.78, 5) is 19.4. The molecule has 100 valence electrons. The van der Waals surface area contributed by atoms with Crippen LogP contribution in [-0.4, -0.2) is 15.9 Å². The van der Waals surface area contributed by atoms with Crippen molar-refractivity contribution in [3.8, 4) is 0 Å². The fraction of sp³-hybridized carbons (Fsp3) is 0. The number of rotatable bonds is 2. The fourth-order valence-corrected chi connectivity index (χ4v) is 2.40. The maximum atomic E-state index is 12.1. The number of carbonyl (C=O) groups is 1. The summed E-state index contributed by atoms with van der Waals surface area (Å²) in [7, 11) is 0. The van der Waals surface area contributed by atoms with Crippen LogP contribution in [0.15, 0.2) is 46.9 Å². The summed E-state index contributed by atoms with van der Waals surface area (Å²) in [6.45, 7) is 0. The lowest BCUT2D eigenvalue weighted by Gasteiger charge is -2.01. The largest absolute Gasteiger partial charge is 0.324 e. The highest BCUT2D eigenvalue weighted by molar-refractivity contribution is 9.10. The number of imidazole rings is 1. The summed E-state index contributed by atoms with van der Waals surface area (Å²) in [5.74, 6) is 0.147. The van der Waals surface area contributed by atoms with E-state index in [2.05, 4.69) is 31.2 Å². The van der Waals surface area contributed by atoms with E-state index in [0.717, 1.165) is 15.5 Å². The molecule has 0 aliphatic rings. The molecule has 0 fully saturated rings. The molecule has 20 heavy (non-hydrogen) atoms. The minimum Gasteiger partial charge on any atom is -0.324 e. The van der Waals surface area contributed by atoms with E-state index in [-0.39, 0.29) is 5.91 Å². The van der Waals surface area contributed by atoms with Crippen molar-refractivity contribution in [2.24, 2.45) is 0 Å². The van der Waals surface area contributed by atoms with Crippen molar-refractivity contribution in [1.82, 2.24) is 9.97 Å². The smallest absolute Gasteiger partial charge is 0.258 e. The number of benzene rings is 2. The first-order valence-corrected chi connectivity index (χ1v) is 7.01. The topological polar surface area (TPSA) is 57.8 Å². The van der Waals surface area contributed by atoms with E-state index in [9.17, 15) is 4.79 Å². The zero-order valence-corrected chi connectivity index (χ0v) is 12.5. The van der Waals surface area contributed by atoms with E-state index in [1.165, 1.54) is 0 Å². The van der Waals surface area contributed by atoms with Crippen molar-refractivity contribution < 1.29 is 4.79 Å². The van der Waals surface area contributed by atoms with Crippen LogP contribution >= 0.6 is 27.5 Å². The molecule has 1 heterocycles.